The van der Waals surface area contributed by atoms with Crippen molar-refractivity contribution in [2.24, 2.45) is 0 Å². The molecular weight excluding hydrogens is 290 g/mol. The SMILES string of the molecule is Nc1ccc2nc(-c3ccccc3)cc(NCC(O)CO)c2c1. The maximum absolute atomic E-state index is 9.58. The molecule has 1 aromatic heterocycles. The van der Waals surface area contributed by atoms with E-state index < -0.39 is 6.10 Å². The lowest BCUT2D eigenvalue weighted by Gasteiger charge is -2.14. The van der Waals surface area contributed by atoms with Gasteiger partial charge in [0.2, 0.25) is 0 Å². The Morgan fingerprint density at radius 1 is 1.09 bits per heavy atom. The van der Waals surface area contributed by atoms with Crippen molar-refractivity contribution < 1.29 is 10.2 Å². The summed E-state index contributed by atoms with van der Waals surface area (Å²) in [4.78, 5) is 4.69. The van der Waals surface area contributed by atoms with Crippen LogP contribution in [0.3, 0.4) is 0 Å². The Balaban J connectivity index is 2.08. The number of nitrogens with one attached hydrogen (secondary N) is 1. The summed E-state index contributed by atoms with van der Waals surface area (Å²) in [6, 6.07) is 17.4. The monoisotopic (exact) mass is 309 g/mol. The largest absolute Gasteiger partial charge is 0.399 e. The van der Waals surface area contributed by atoms with Gasteiger partial charge in [0.25, 0.3) is 0 Å². The molecule has 0 amide bonds. The molecule has 5 nitrogen and oxygen atoms in total. The number of nitrogens with zero attached hydrogens (tertiary/aromatic N) is 1. The molecular formula is C18H19N3O2. The minimum atomic E-state index is -0.820. The molecule has 0 spiro atoms. The maximum Gasteiger partial charge on any atom is 0.0942 e. The van der Waals surface area contributed by atoms with E-state index in [0.717, 1.165) is 27.8 Å². The minimum absolute atomic E-state index is 0.249. The highest BCUT2D eigenvalue weighted by molar-refractivity contribution is 5.95. The van der Waals surface area contributed by atoms with E-state index in [1.54, 1.807) is 0 Å². The average molecular weight is 309 g/mol. The van der Waals surface area contributed by atoms with Crippen molar-refractivity contribution in [2.45, 2.75) is 6.10 Å². The summed E-state index contributed by atoms with van der Waals surface area (Å²) in [6.07, 6.45) is -0.820. The summed E-state index contributed by atoms with van der Waals surface area (Å²) in [6.45, 7) is -0.0393. The van der Waals surface area contributed by atoms with Crippen LogP contribution >= 0.6 is 0 Å². The third-order valence-corrected chi connectivity index (χ3v) is 3.64. The van der Waals surface area contributed by atoms with E-state index >= 15 is 0 Å². The third-order valence-electron chi connectivity index (χ3n) is 3.64. The second kappa shape index (κ2) is 6.64. The summed E-state index contributed by atoms with van der Waals surface area (Å²) < 4.78 is 0. The van der Waals surface area contributed by atoms with Gasteiger partial charge >= 0.3 is 0 Å². The maximum atomic E-state index is 9.58. The van der Waals surface area contributed by atoms with Gasteiger partial charge in [-0.2, -0.15) is 0 Å². The standard InChI is InChI=1S/C18H19N3O2/c19-13-6-7-16-15(8-13)18(20-10-14(23)11-22)9-17(21-16)12-4-2-1-3-5-12/h1-9,14,22-23H,10-11,19H2,(H,20,21). The van der Waals surface area contributed by atoms with Crippen LogP contribution < -0.4 is 11.1 Å². The Bertz CT molecular complexity index is 806. The first kappa shape index (κ1) is 15.3. The topological polar surface area (TPSA) is 91.4 Å². The average Bonchev–Trinajstić information content (AvgIpc) is 2.60. The van der Waals surface area contributed by atoms with Crippen molar-refractivity contribution in [3.05, 3.63) is 54.6 Å². The predicted octanol–water partition coefficient (Wildman–Crippen LogP) is 2.25. The van der Waals surface area contributed by atoms with Gasteiger partial charge in [-0.15, -0.1) is 0 Å². The van der Waals surface area contributed by atoms with Gasteiger partial charge < -0.3 is 21.3 Å². The van der Waals surface area contributed by atoms with Gasteiger partial charge in [0.1, 0.15) is 0 Å². The number of rotatable bonds is 5. The van der Waals surface area contributed by atoms with Crippen LogP contribution in [0.5, 0.6) is 0 Å². The zero-order valence-electron chi connectivity index (χ0n) is 12.6. The molecule has 1 atom stereocenters. The van der Waals surface area contributed by atoms with E-state index in [2.05, 4.69) is 10.3 Å². The molecule has 5 N–H and O–H groups in total. The van der Waals surface area contributed by atoms with Crippen LogP contribution in [0, 0.1) is 0 Å². The molecule has 1 unspecified atom stereocenters. The van der Waals surface area contributed by atoms with Crippen LogP contribution in [0.2, 0.25) is 0 Å². The molecule has 0 aliphatic heterocycles. The van der Waals surface area contributed by atoms with Gasteiger partial charge in [0.15, 0.2) is 0 Å². The summed E-state index contributed by atoms with van der Waals surface area (Å²) in [5, 5.41) is 22.6. The summed E-state index contributed by atoms with van der Waals surface area (Å²) >= 11 is 0. The van der Waals surface area contributed by atoms with Crippen molar-refractivity contribution in [1.82, 2.24) is 4.98 Å². The Hall–Kier alpha value is -2.63. The van der Waals surface area contributed by atoms with Crippen molar-refractivity contribution >= 4 is 22.3 Å². The van der Waals surface area contributed by atoms with Gasteiger partial charge in [-0.1, -0.05) is 30.3 Å². The van der Waals surface area contributed by atoms with Gasteiger partial charge in [-0.3, -0.25) is 0 Å². The second-order valence-electron chi connectivity index (χ2n) is 5.41. The minimum Gasteiger partial charge on any atom is -0.399 e. The van der Waals surface area contributed by atoms with Crippen LogP contribution in [0.25, 0.3) is 22.2 Å². The fourth-order valence-corrected chi connectivity index (χ4v) is 2.44. The van der Waals surface area contributed by atoms with E-state index in [4.69, 9.17) is 10.8 Å². The van der Waals surface area contributed by atoms with Crippen molar-refractivity contribution in [3.63, 3.8) is 0 Å². The molecule has 0 radical (unpaired) electrons. The van der Waals surface area contributed by atoms with Crippen LogP contribution in [0.1, 0.15) is 0 Å². The molecule has 1 heterocycles. The first-order valence-corrected chi connectivity index (χ1v) is 7.46. The van der Waals surface area contributed by atoms with Crippen molar-refractivity contribution in [1.29, 1.82) is 0 Å². The number of aliphatic hydroxyl groups excluding tert-OH is 2. The zero-order valence-corrected chi connectivity index (χ0v) is 12.6. The Morgan fingerprint density at radius 2 is 1.87 bits per heavy atom. The molecule has 3 aromatic rings. The van der Waals surface area contributed by atoms with Crippen LogP contribution in [-0.4, -0.2) is 34.5 Å². The number of aliphatic hydroxyl groups is 2. The Morgan fingerprint density at radius 3 is 2.61 bits per heavy atom. The number of hydrogen-bond acceptors (Lipinski definition) is 5. The molecule has 3 rings (SSSR count). The first-order valence-electron chi connectivity index (χ1n) is 7.46. The van der Waals surface area contributed by atoms with Gasteiger partial charge in [0.05, 0.1) is 23.9 Å². The summed E-state index contributed by atoms with van der Waals surface area (Å²) in [5.41, 5.74) is 10.0. The van der Waals surface area contributed by atoms with Crippen LogP contribution in [0.15, 0.2) is 54.6 Å². The number of pyridine rings is 1. The lowest BCUT2D eigenvalue weighted by molar-refractivity contribution is 0.105. The number of nitrogen functional groups attached to an aromatic ring is 1. The molecule has 0 bridgehead atoms. The molecule has 0 aliphatic rings. The van der Waals surface area contributed by atoms with E-state index in [9.17, 15) is 5.11 Å². The van der Waals surface area contributed by atoms with Crippen LogP contribution in [0.4, 0.5) is 11.4 Å². The highest BCUT2D eigenvalue weighted by Crippen LogP contribution is 2.29. The smallest absolute Gasteiger partial charge is 0.0942 e. The Labute approximate surface area is 134 Å². The van der Waals surface area contributed by atoms with Gasteiger partial charge in [-0.25, -0.2) is 4.98 Å². The molecule has 2 aromatic carbocycles. The van der Waals surface area contributed by atoms with E-state index in [-0.39, 0.29) is 13.2 Å². The predicted molar refractivity (Wildman–Crippen MR) is 93.2 cm³/mol. The molecule has 0 aliphatic carbocycles. The Kier molecular flexibility index (Phi) is 4.41. The van der Waals surface area contributed by atoms with Gasteiger partial charge in [-0.05, 0) is 24.3 Å². The van der Waals surface area contributed by atoms with E-state index in [0.29, 0.717) is 5.69 Å². The second-order valence-corrected chi connectivity index (χ2v) is 5.41. The zero-order chi connectivity index (χ0) is 16.2. The molecule has 23 heavy (non-hydrogen) atoms. The molecule has 118 valence electrons. The lowest BCUT2D eigenvalue weighted by atomic mass is 10.1. The summed E-state index contributed by atoms with van der Waals surface area (Å²) in [7, 11) is 0. The molecule has 0 saturated heterocycles. The first-order chi connectivity index (χ1) is 11.2. The third kappa shape index (κ3) is 3.41. The van der Waals surface area contributed by atoms with E-state index in [1.807, 2.05) is 54.6 Å². The number of aromatic nitrogens is 1. The van der Waals surface area contributed by atoms with Crippen molar-refractivity contribution in [2.75, 3.05) is 24.2 Å². The van der Waals surface area contributed by atoms with Crippen molar-refractivity contribution in [3.8, 4) is 11.3 Å². The molecule has 5 heteroatoms. The number of fused-ring (bicyclic) bond motifs is 1. The molecule has 0 saturated carbocycles. The summed E-state index contributed by atoms with van der Waals surface area (Å²) in [5.74, 6) is 0. The number of anilines is 2. The molecule has 0 fully saturated rings. The normalized spacial score (nSPS) is 12.3. The highest BCUT2D eigenvalue weighted by Gasteiger charge is 2.09. The fourth-order valence-electron chi connectivity index (χ4n) is 2.44. The number of nitrogens with two attached hydrogens (primary N) is 1. The quantitative estimate of drug-likeness (QED) is 0.543. The number of benzene rings is 2. The lowest BCUT2D eigenvalue weighted by Crippen LogP contribution is -2.23. The fraction of sp³-hybridized carbons (Fsp3) is 0.167. The van der Waals surface area contributed by atoms with Crippen LogP contribution in [-0.2, 0) is 0 Å². The van der Waals surface area contributed by atoms with E-state index in [1.165, 1.54) is 0 Å². The number of hydrogen-bond donors (Lipinski definition) is 4. The highest BCUT2D eigenvalue weighted by atomic mass is 16.3. The van der Waals surface area contributed by atoms with Gasteiger partial charge in [0, 0.05) is 28.9 Å².